The summed E-state index contributed by atoms with van der Waals surface area (Å²) in [6.45, 7) is 2.74. The molecule has 0 saturated carbocycles. The minimum Gasteiger partial charge on any atom is -0.379 e. The Kier molecular flexibility index (Phi) is 3.80. The molecule has 6 nitrogen and oxygen atoms in total. The number of nitrogens with zero attached hydrogens (tertiary/aromatic N) is 2. The lowest BCUT2D eigenvalue weighted by Gasteiger charge is -2.27. The van der Waals surface area contributed by atoms with Gasteiger partial charge < -0.3 is 9.64 Å². The number of hydrogen-bond donors (Lipinski definition) is 0. The van der Waals surface area contributed by atoms with E-state index in [0.29, 0.717) is 24.5 Å². The monoisotopic (exact) mass is 264 g/mol. The molecule has 0 aliphatic carbocycles. The lowest BCUT2D eigenvalue weighted by atomic mass is 10.1. The molecule has 1 fully saturated rings. The van der Waals surface area contributed by atoms with Gasteiger partial charge in [0.15, 0.2) is 5.78 Å². The number of non-ortho nitro benzene ring substituents is 1. The summed E-state index contributed by atoms with van der Waals surface area (Å²) in [5.74, 6) is -0.176. The molecule has 1 heterocycles. The highest BCUT2D eigenvalue weighted by Gasteiger charge is 2.24. The van der Waals surface area contributed by atoms with E-state index in [9.17, 15) is 14.9 Å². The summed E-state index contributed by atoms with van der Waals surface area (Å²) >= 11 is 0. The van der Waals surface area contributed by atoms with Crippen molar-refractivity contribution < 1.29 is 14.5 Å². The molecule has 1 aromatic rings. The van der Waals surface area contributed by atoms with Gasteiger partial charge in [0.25, 0.3) is 5.69 Å². The van der Waals surface area contributed by atoms with Gasteiger partial charge in [-0.1, -0.05) is 0 Å². The zero-order valence-corrected chi connectivity index (χ0v) is 11.0. The van der Waals surface area contributed by atoms with Gasteiger partial charge in [-0.05, 0) is 19.4 Å². The van der Waals surface area contributed by atoms with Crippen LogP contribution in [0.2, 0.25) is 0 Å². The summed E-state index contributed by atoms with van der Waals surface area (Å²) in [7, 11) is 1.88. The van der Waals surface area contributed by atoms with Crippen LogP contribution in [0.1, 0.15) is 23.7 Å². The van der Waals surface area contributed by atoms with Crippen molar-refractivity contribution in [3.63, 3.8) is 0 Å². The van der Waals surface area contributed by atoms with Gasteiger partial charge in [0.1, 0.15) is 0 Å². The highest BCUT2D eigenvalue weighted by molar-refractivity contribution is 6.00. The second-order valence-electron chi connectivity index (χ2n) is 4.64. The van der Waals surface area contributed by atoms with Crippen LogP contribution >= 0.6 is 0 Å². The van der Waals surface area contributed by atoms with Crippen LogP contribution in [0.25, 0.3) is 0 Å². The van der Waals surface area contributed by atoms with E-state index >= 15 is 0 Å². The largest absolute Gasteiger partial charge is 0.379 e. The molecule has 0 radical (unpaired) electrons. The first-order valence-corrected chi connectivity index (χ1v) is 6.10. The zero-order valence-electron chi connectivity index (χ0n) is 11.0. The molecule has 6 heteroatoms. The smallest absolute Gasteiger partial charge is 0.270 e. The standard InChI is InChI=1S/C13H16N2O4/c1-9(16)12-7-10(15(17)18)3-4-13(12)14(2)11-5-6-19-8-11/h3-4,7,11H,5-6,8H2,1-2H3. The van der Waals surface area contributed by atoms with Crippen LogP contribution < -0.4 is 4.90 Å². The molecule has 0 amide bonds. The van der Waals surface area contributed by atoms with Crippen molar-refractivity contribution in [3.05, 3.63) is 33.9 Å². The van der Waals surface area contributed by atoms with Gasteiger partial charge >= 0.3 is 0 Å². The lowest BCUT2D eigenvalue weighted by Crippen LogP contribution is -2.32. The quantitative estimate of drug-likeness (QED) is 0.472. The average molecular weight is 264 g/mol. The molecule has 0 N–H and O–H groups in total. The maximum atomic E-state index is 11.7. The van der Waals surface area contributed by atoms with E-state index in [1.807, 2.05) is 11.9 Å². The van der Waals surface area contributed by atoms with Crippen molar-refractivity contribution in [2.24, 2.45) is 0 Å². The maximum Gasteiger partial charge on any atom is 0.270 e. The Labute approximate surface area is 111 Å². The first-order chi connectivity index (χ1) is 9.00. The van der Waals surface area contributed by atoms with Crippen LogP contribution in [-0.4, -0.2) is 37.0 Å². The molecule has 1 saturated heterocycles. The summed E-state index contributed by atoms with van der Waals surface area (Å²) in [4.78, 5) is 23.9. The second-order valence-corrected chi connectivity index (χ2v) is 4.64. The summed E-state index contributed by atoms with van der Waals surface area (Å²) < 4.78 is 5.33. The van der Waals surface area contributed by atoms with Gasteiger partial charge in [-0.2, -0.15) is 0 Å². The number of carbonyl (C=O) groups is 1. The van der Waals surface area contributed by atoms with Crippen LogP contribution in [-0.2, 0) is 4.74 Å². The van der Waals surface area contributed by atoms with Crippen molar-refractivity contribution in [1.82, 2.24) is 0 Å². The van der Waals surface area contributed by atoms with E-state index in [0.717, 1.165) is 6.42 Å². The zero-order chi connectivity index (χ0) is 14.0. The number of likely N-dealkylation sites (N-methyl/N-ethyl adjacent to an activating group) is 1. The molecule has 1 aliphatic heterocycles. The van der Waals surface area contributed by atoms with E-state index in [-0.39, 0.29) is 17.5 Å². The van der Waals surface area contributed by atoms with Crippen LogP contribution in [0, 0.1) is 10.1 Å². The summed E-state index contributed by atoms with van der Waals surface area (Å²) in [6, 6.07) is 4.60. The van der Waals surface area contributed by atoms with E-state index in [1.54, 1.807) is 6.07 Å². The highest BCUT2D eigenvalue weighted by atomic mass is 16.6. The Balaban J connectivity index is 2.38. The Morgan fingerprint density at radius 3 is 2.79 bits per heavy atom. The van der Waals surface area contributed by atoms with Gasteiger partial charge in [-0.15, -0.1) is 0 Å². The number of nitro groups is 1. The van der Waals surface area contributed by atoms with Crippen LogP contribution in [0.3, 0.4) is 0 Å². The van der Waals surface area contributed by atoms with Gasteiger partial charge in [0, 0.05) is 37.0 Å². The molecule has 0 bridgehead atoms. The fourth-order valence-electron chi connectivity index (χ4n) is 2.25. The summed E-state index contributed by atoms with van der Waals surface area (Å²) in [5, 5.41) is 10.8. The SMILES string of the molecule is CC(=O)c1cc([N+](=O)[O-])ccc1N(C)C1CCOC1. The Bertz CT molecular complexity index is 509. The third-order valence-electron chi connectivity index (χ3n) is 3.40. The maximum absolute atomic E-state index is 11.7. The molecule has 0 spiro atoms. The van der Waals surface area contributed by atoms with Crippen molar-refractivity contribution in [2.75, 3.05) is 25.2 Å². The van der Waals surface area contributed by atoms with E-state index in [1.165, 1.54) is 19.1 Å². The summed E-state index contributed by atoms with van der Waals surface area (Å²) in [5.41, 5.74) is 1.03. The highest BCUT2D eigenvalue weighted by Crippen LogP contribution is 2.28. The predicted octanol–water partition coefficient (Wildman–Crippen LogP) is 2.02. The van der Waals surface area contributed by atoms with Gasteiger partial charge in [0.2, 0.25) is 0 Å². The number of benzene rings is 1. The van der Waals surface area contributed by atoms with Gasteiger partial charge in [-0.25, -0.2) is 0 Å². The summed E-state index contributed by atoms with van der Waals surface area (Å²) in [6.07, 6.45) is 0.894. The number of rotatable bonds is 4. The van der Waals surface area contributed by atoms with Crippen molar-refractivity contribution >= 4 is 17.2 Å². The van der Waals surface area contributed by atoms with Crippen LogP contribution in [0.15, 0.2) is 18.2 Å². The molecule has 102 valence electrons. The van der Waals surface area contributed by atoms with Crippen molar-refractivity contribution in [3.8, 4) is 0 Å². The topological polar surface area (TPSA) is 72.7 Å². The van der Waals surface area contributed by atoms with Crippen molar-refractivity contribution in [2.45, 2.75) is 19.4 Å². The second kappa shape index (κ2) is 5.36. The first-order valence-electron chi connectivity index (χ1n) is 6.10. The van der Waals surface area contributed by atoms with Crippen LogP contribution in [0.5, 0.6) is 0 Å². The third-order valence-corrected chi connectivity index (χ3v) is 3.40. The average Bonchev–Trinajstić information content (AvgIpc) is 2.90. The Hall–Kier alpha value is -1.95. The molecule has 1 atom stereocenters. The minimum absolute atomic E-state index is 0.0648. The van der Waals surface area contributed by atoms with E-state index < -0.39 is 4.92 Å². The number of Topliss-reactive ketones (excluding diaryl/α,β-unsaturated/α-hetero) is 1. The number of hydrogen-bond acceptors (Lipinski definition) is 5. The molecule has 1 unspecified atom stereocenters. The fourth-order valence-corrected chi connectivity index (χ4v) is 2.25. The number of anilines is 1. The first kappa shape index (κ1) is 13.5. The predicted molar refractivity (Wildman–Crippen MR) is 70.7 cm³/mol. The Morgan fingerprint density at radius 2 is 2.26 bits per heavy atom. The van der Waals surface area contributed by atoms with Crippen molar-refractivity contribution in [1.29, 1.82) is 0 Å². The normalized spacial score (nSPS) is 18.3. The minimum atomic E-state index is -0.491. The van der Waals surface area contributed by atoms with E-state index in [2.05, 4.69) is 0 Å². The van der Waals surface area contributed by atoms with E-state index in [4.69, 9.17) is 4.74 Å². The number of ether oxygens (including phenoxy) is 1. The van der Waals surface area contributed by atoms with Gasteiger partial charge in [0.05, 0.1) is 17.6 Å². The molecule has 1 aliphatic rings. The molecule has 2 rings (SSSR count). The number of nitro benzene ring substituents is 1. The number of carbonyl (C=O) groups excluding carboxylic acids is 1. The molecule has 19 heavy (non-hydrogen) atoms. The molecular weight excluding hydrogens is 248 g/mol. The number of ketones is 1. The molecule has 1 aromatic carbocycles. The Morgan fingerprint density at radius 1 is 1.53 bits per heavy atom. The third kappa shape index (κ3) is 2.73. The fraction of sp³-hybridized carbons (Fsp3) is 0.462. The van der Waals surface area contributed by atoms with Gasteiger partial charge in [-0.3, -0.25) is 14.9 Å². The lowest BCUT2D eigenvalue weighted by molar-refractivity contribution is -0.384. The van der Waals surface area contributed by atoms with Crippen LogP contribution in [0.4, 0.5) is 11.4 Å². The molecule has 0 aromatic heterocycles. The molecular formula is C13H16N2O4.